The fourth-order valence-electron chi connectivity index (χ4n) is 4.76. The van der Waals surface area contributed by atoms with Gasteiger partial charge < -0.3 is 9.88 Å². The smallest absolute Gasteiger partial charge is 0.260 e. The molecule has 1 fully saturated rings. The van der Waals surface area contributed by atoms with Crippen molar-refractivity contribution in [1.29, 1.82) is 0 Å². The van der Waals surface area contributed by atoms with Gasteiger partial charge in [0.05, 0.1) is 31.6 Å². The second kappa shape index (κ2) is 9.13. The third kappa shape index (κ3) is 4.82. The van der Waals surface area contributed by atoms with E-state index in [1.54, 1.807) is 17.4 Å². The van der Waals surface area contributed by atoms with Crippen molar-refractivity contribution >= 4 is 37.7 Å². The molecule has 0 saturated carbocycles. The summed E-state index contributed by atoms with van der Waals surface area (Å²) < 4.78 is 26.9. The number of H-pyrrole nitrogens is 1. The first-order valence-electron chi connectivity index (χ1n) is 11.5. The number of fused-ring (bicyclic) bond motifs is 3. The summed E-state index contributed by atoms with van der Waals surface area (Å²) in [4.78, 5) is 24.0. The lowest BCUT2D eigenvalue weighted by Gasteiger charge is -2.30. The Morgan fingerprint density at radius 1 is 1.24 bits per heavy atom. The van der Waals surface area contributed by atoms with Gasteiger partial charge in [0.1, 0.15) is 11.4 Å². The molecule has 33 heavy (non-hydrogen) atoms. The lowest BCUT2D eigenvalue weighted by molar-refractivity contribution is -0.917. The van der Waals surface area contributed by atoms with Crippen LogP contribution in [0.15, 0.2) is 40.5 Å². The summed E-state index contributed by atoms with van der Waals surface area (Å²) in [6.07, 6.45) is 4.75. The van der Waals surface area contributed by atoms with Crippen molar-refractivity contribution in [2.75, 3.05) is 26.2 Å². The molecule has 1 aliphatic carbocycles. The van der Waals surface area contributed by atoms with Gasteiger partial charge >= 0.3 is 0 Å². The molecule has 0 spiro atoms. The standard InChI is InChI=1S/C24H28N4O3S2/c1-17-7-8-19-20(15-17)32-24-22(19)23(29)25-21(26-24)16-27-10-12-28(13-11-27)33(30,31)14-9-18-5-3-2-4-6-18/h2-6,9,14,17H,7-8,10-13,15-16H2,1H3,(H,25,26,29)/p+1/b14-9+/t17-/m1/s1. The van der Waals surface area contributed by atoms with Gasteiger partial charge in [-0.15, -0.1) is 11.3 Å². The van der Waals surface area contributed by atoms with Crippen LogP contribution in [-0.4, -0.2) is 48.9 Å². The minimum atomic E-state index is -3.45. The van der Waals surface area contributed by atoms with Crippen molar-refractivity contribution in [3.8, 4) is 0 Å². The fraction of sp³-hybridized carbons (Fsp3) is 0.417. The quantitative estimate of drug-likeness (QED) is 0.577. The summed E-state index contributed by atoms with van der Waals surface area (Å²) in [5, 5.41) is 2.07. The van der Waals surface area contributed by atoms with Crippen LogP contribution in [0.2, 0.25) is 0 Å². The SMILES string of the molecule is C[C@@H]1CCc2c(sc3nc(C[NH+]4CCN(S(=O)(=O)/C=C/c5ccccc5)CC4)[nH]c(=O)c23)C1. The molecule has 7 nitrogen and oxygen atoms in total. The van der Waals surface area contributed by atoms with E-state index >= 15 is 0 Å². The number of aromatic nitrogens is 2. The number of thiophene rings is 1. The van der Waals surface area contributed by atoms with Gasteiger partial charge in [0, 0.05) is 10.3 Å². The number of aryl methyl sites for hydroxylation is 1. The molecule has 2 N–H and O–H groups in total. The average Bonchev–Trinajstić information content (AvgIpc) is 3.16. The zero-order valence-electron chi connectivity index (χ0n) is 18.7. The lowest BCUT2D eigenvalue weighted by Crippen LogP contribution is -3.13. The highest BCUT2D eigenvalue weighted by Gasteiger charge is 2.28. The van der Waals surface area contributed by atoms with E-state index in [1.165, 1.54) is 25.1 Å². The normalized spacial score (nSPS) is 20.5. The largest absolute Gasteiger partial charge is 0.326 e. The number of nitrogens with zero attached hydrogens (tertiary/aromatic N) is 2. The summed E-state index contributed by atoms with van der Waals surface area (Å²) in [7, 11) is -3.45. The van der Waals surface area contributed by atoms with Crippen molar-refractivity contribution in [2.45, 2.75) is 32.7 Å². The molecule has 1 saturated heterocycles. The van der Waals surface area contributed by atoms with Crippen molar-refractivity contribution in [3.05, 3.63) is 67.9 Å². The Morgan fingerprint density at radius 2 is 2.00 bits per heavy atom. The third-order valence-corrected chi connectivity index (χ3v) is 9.37. The second-order valence-electron chi connectivity index (χ2n) is 9.13. The fourth-order valence-corrected chi connectivity index (χ4v) is 7.36. The first-order chi connectivity index (χ1) is 15.9. The predicted octanol–water partition coefficient (Wildman–Crippen LogP) is 1.81. The van der Waals surface area contributed by atoms with E-state index in [4.69, 9.17) is 4.98 Å². The van der Waals surface area contributed by atoms with E-state index in [2.05, 4.69) is 11.9 Å². The molecule has 3 heterocycles. The van der Waals surface area contributed by atoms with Crippen LogP contribution in [0.3, 0.4) is 0 Å². The van der Waals surface area contributed by atoms with Crippen LogP contribution in [0.5, 0.6) is 0 Å². The number of hydrogen-bond acceptors (Lipinski definition) is 5. The Labute approximate surface area is 197 Å². The van der Waals surface area contributed by atoms with E-state index in [1.807, 2.05) is 30.3 Å². The number of nitrogens with one attached hydrogen (secondary N) is 2. The van der Waals surface area contributed by atoms with Crippen LogP contribution < -0.4 is 10.5 Å². The maximum atomic E-state index is 12.8. The zero-order chi connectivity index (χ0) is 23.0. The molecule has 0 amide bonds. The maximum absolute atomic E-state index is 12.8. The Hall–Kier alpha value is -2.33. The van der Waals surface area contributed by atoms with Gasteiger partial charge in [-0.05, 0) is 42.4 Å². The highest BCUT2D eigenvalue weighted by Crippen LogP contribution is 2.35. The van der Waals surface area contributed by atoms with Crippen LogP contribution >= 0.6 is 11.3 Å². The van der Waals surface area contributed by atoms with Gasteiger partial charge in [0.25, 0.3) is 5.56 Å². The monoisotopic (exact) mass is 485 g/mol. The van der Waals surface area contributed by atoms with Gasteiger partial charge in [-0.25, -0.2) is 13.4 Å². The summed E-state index contributed by atoms with van der Waals surface area (Å²) >= 11 is 1.67. The number of aromatic amines is 1. The van der Waals surface area contributed by atoms with Gasteiger partial charge in [-0.1, -0.05) is 37.3 Å². The summed E-state index contributed by atoms with van der Waals surface area (Å²) in [5.41, 5.74) is 2.03. The van der Waals surface area contributed by atoms with Crippen molar-refractivity contribution < 1.29 is 13.3 Å². The molecule has 2 aliphatic rings. The summed E-state index contributed by atoms with van der Waals surface area (Å²) in [5.74, 6) is 1.35. The van der Waals surface area contributed by atoms with Crippen LogP contribution in [-0.2, 0) is 29.4 Å². The molecule has 3 aromatic rings. The van der Waals surface area contributed by atoms with Crippen molar-refractivity contribution in [3.63, 3.8) is 0 Å². The van der Waals surface area contributed by atoms with E-state index < -0.39 is 10.0 Å². The molecular weight excluding hydrogens is 456 g/mol. The Bertz CT molecular complexity index is 1340. The van der Waals surface area contributed by atoms with E-state index in [0.29, 0.717) is 44.5 Å². The van der Waals surface area contributed by atoms with Crippen molar-refractivity contribution in [1.82, 2.24) is 14.3 Å². The van der Waals surface area contributed by atoms with E-state index in [9.17, 15) is 13.2 Å². The Morgan fingerprint density at radius 3 is 2.76 bits per heavy atom. The van der Waals surface area contributed by atoms with Gasteiger partial charge in [0.2, 0.25) is 10.0 Å². The van der Waals surface area contributed by atoms with Crippen LogP contribution in [0, 0.1) is 5.92 Å². The maximum Gasteiger partial charge on any atom is 0.260 e. The molecule has 1 atom stereocenters. The van der Waals surface area contributed by atoms with Crippen molar-refractivity contribution in [2.24, 2.45) is 5.92 Å². The van der Waals surface area contributed by atoms with E-state index in [0.717, 1.165) is 35.0 Å². The third-order valence-electron chi connectivity index (χ3n) is 6.65. The first kappa shape index (κ1) is 22.5. The topological polar surface area (TPSA) is 87.6 Å². The molecule has 1 aromatic carbocycles. The van der Waals surface area contributed by atoms with Crippen LogP contribution in [0.25, 0.3) is 16.3 Å². The molecule has 0 unspecified atom stereocenters. The predicted molar refractivity (Wildman–Crippen MR) is 132 cm³/mol. The number of sulfonamides is 1. The zero-order valence-corrected chi connectivity index (χ0v) is 20.3. The van der Waals surface area contributed by atoms with Crippen LogP contribution in [0.1, 0.15) is 35.2 Å². The molecule has 174 valence electrons. The molecule has 1 aliphatic heterocycles. The summed E-state index contributed by atoms with van der Waals surface area (Å²) in [6.45, 7) is 5.12. The molecule has 0 radical (unpaired) electrons. The lowest BCUT2D eigenvalue weighted by atomic mass is 9.89. The number of quaternary nitrogens is 1. The molecule has 5 rings (SSSR count). The Kier molecular flexibility index (Phi) is 6.22. The number of rotatable bonds is 5. The van der Waals surface area contributed by atoms with Gasteiger partial charge in [0.15, 0.2) is 5.82 Å². The molecule has 2 aromatic heterocycles. The average molecular weight is 486 g/mol. The molecular formula is C24H29N4O3S2+. The minimum Gasteiger partial charge on any atom is -0.326 e. The highest BCUT2D eigenvalue weighted by atomic mass is 32.2. The van der Waals surface area contributed by atoms with Crippen LogP contribution in [0.4, 0.5) is 0 Å². The van der Waals surface area contributed by atoms with Gasteiger partial charge in [-0.3, -0.25) is 4.79 Å². The number of benzene rings is 1. The second-order valence-corrected chi connectivity index (χ2v) is 12.0. The van der Waals surface area contributed by atoms with E-state index in [-0.39, 0.29) is 5.56 Å². The summed E-state index contributed by atoms with van der Waals surface area (Å²) in [6, 6.07) is 9.43. The molecule has 9 heteroatoms. The Balaban J connectivity index is 1.25. The number of hydrogen-bond donors (Lipinski definition) is 2. The minimum absolute atomic E-state index is 0.0336. The first-order valence-corrected chi connectivity index (χ1v) is 13.8. The highest BCUT2D eigenvalue weighted by molar-refractivity contribution is 7.92. The molecule has 0 bridgehead atoms. The van der Waals surface area contributed by atoms with Gasteiger partial charge in [-0.2, -0.15) is 4.31 Å². The number of piperazine rings is 1.